The minimum absolute atomic E-state index is 0.0235. The minimum atomic E-state index is -0.507. The van der Waals surface area contributed by atoms with Gasteiger partial charge in [-0.1, -0.05) is 24.3 Å². The first-order valence-corrected chi connectivity index (χ1v) is 7.52. The molecule has 0 spiro atoms. The highest BCUT2D eigenvalue weighted by molar-refractivity contribution is 6.11. The largest absolute Gasteiger partial charge is 0.507 e. The number of aromatic hydroxyl groups is 1. The summed E-state index contributed by atoms with van der Waals surface area (Å²) in [6.07, 6.45) is 2.17. The lowest BCUT2D eigenvalue weighted by Gasteiger charge is -2.09. The SMILES string of the molecule is COCCCN/C=C(/C#N)C(=O)Nc1cccc2c(O)cccc12. The second kappa shape index (κ2) is 8.56. The molecule has 2 aromatic carbocycles. The average Bonchev–Trinajstić information content (AvgIpc) is 2.59. The molecule has 0 unspecified atom stereocenters. The van der Waals surface area contributed by atoms with Gasteiger partial charge in [-0.25, -0.2) is 0 Å². The third-order valence-electron chi connectivity index (χ3n) is 3.43. The van der Waals surface area contributed by atoms with E-state index in [9.17, 15) is 9.90 Å². The summed E-state index contributed by atoms with van der Waals surface area (Å²) in [5.41, 5.74) is 0.513. The molecule has 6 nitrogen and oxygen atoms in total. The predicted molar refractivity (Wildman–Crippen MR) is 92.4 cm³/mol. The quantitative estimate of drug-likeness (QED) is 0.413. The van der Waals surface area contributed by atoms with Gasteiger partial charge >= 0.3 is 0 Å². The Morgan fingerprint density at radius 3 is 2.79 bits per heavy atom. The third kappa shape index (κ3) is 4.24. The van der Waals surface area contributed by atoms with E-state index in [1.807, 2.05) is 6.07 Å². The van der Waals surface area contributed by atoms with E-state index >= 15 is 0 Å². The van der Waals surface area contributed by atoms with Crippen LogP contribution in [0, 0.1) is 11.3 Å². The number of phenols is 1. The van der Waals surface area contributed by atoms with Gasteiger partial charge in [0.1, 0.15) is 17.4 Å². The fraction of sp³-hybridized carbons (Fsp3) is 0.222. The molecule has 0 atom stereocenters. The molecule has 3 N–H and O–H groups in total. The Morgan fingerprint density at radius 2 is 2.04 bits per heavy atom. The van der Waals surface area contributed by atoms with Crippen molar-refractivity contribution in [3.63, 3.8) is 0 Å². The number of carbonyl (C=O) groups excluding carboxylic acids is 1. The highest BCUT2D eigenvalue weighted by Crippen LogP contribution is 2.29. The molecular weight excluding hydrogens is 306 g/mol. The van der Waals surface area contributed by atoms with Crippen molar-refractivity contribution in [2.24, 2.45) is 0 Å². The van der Waals surface area contributed by atoms with E-state index < -0.39 is 5.91 Å². The summed E-state index contributed by atoms with van der Waals surface area (Å²) in [5.74, 6) is -0.368. The second-order valence-corrected chi connectivity index (χ2v) is 5.10. The lowest BCUT2D eigenvalue weighted by Crippen LogP contribution is -2.17. The molecule has 0 radical (unpaired) electrons. The first kappa shape index (κ1) is 17.3. The zero-order chi connectivity index (χ0) is 17.4. The van der Waals surface area contributed by atoms with Crippen LogP contribution in [0.15, 0.2) is 48.2 Å². The highest BCUT2D eigenvalue weighted by Gasteiger charge is 2.11. The number of anilines is 1. The van der Waals surface area contributed by atoms with Gasteiger partial charge in [0.05, 0.1) is 0 Å². The van der Waals surface area contributed by atoms with Crippen molar-refractivity contribution >= 4 is 22.4 Å². The van der Waals surface area contributed by atoms with Crippen molar-refractivity contribution in [3.8, 4) is 11.8 Å². The second-order valence-electron chi connectivity index (χ2n) is 5.10. The molecule has 124 valence electrons. The number of ether oxygens (including phenoxy) is 1. The first-order chi connectivity index (χ1) is 11.7. The molecule has 2 rings (SSSR count). The number of nitriles is 1. The minimum Gasteiger partial charge on any atom is -0.507 e. The van der Waals surface area contributed by atoms with Gasteiger partial charge in [-0.15, -0.1) is 0 Å². The highest BCUT2D eigenvalue weighted by atomic mass is 16.5. The van der Waals surface area contributed by atoms with Crippen LogP contribution in [-0.4, -0.2) is 31.3 Å². The van der Waals surface area contributed by atoms with Crippen LogP contribution in [0.4, 0.5) is 5.69 Å². The summed E-state index contributed by atoms with van der Waals surface area (Å²) >= 11 is 0. The Hall–Kier alpha value is -3.04. The number of nitrogens with one attached hydrogen (secondary N) is 2. The Labute approximate surface area is 140 Å². The van der Waals surface area contributed by atoms with Gasteiger partial charge in [0.25, 0.3) is 5.91 Å². The van der Waals surface area contributed by atoms with Gasteiger partial charge in [0.15, 0.2) is 0 Å². The maximum atomic E-state index is 12.3. The van der Waals surface area contributed by atoms with Gasteiger partial charge < -0.3 is 20.5 Å². The van der Waals surface area contributed by atoms with E-state index in [0.29, 0.717) is 29.6 Å². The number of fused-ring (bicyclic) bond motifs is 1. The summed E-state index contributed by atoms with van der Waals surface area (Å²) in [4.78, 5) is 12.3. The molecule has 1 amide bonds. The Morgan fingerprint density at radius 1 is 1.29 bits per heavy atom. The molecule has 0 aliphatic rings. The van der Waals surface area contributed by atoms with Gasteiger partial charge in [0.2, 0.25) is 0 Å². The predicted octanol–water partition coefficient (Wildman–Crippen LogP) is 2.52. The van der Waals surface area contributed by atoms with E-state index in [0.717, 1.165) is 6.42 Å². The molecule has 0 aromatic heterocycles. The fourth-order valence-electron chi connectivity index (χ4n) is 2.23. The number of benzene rings is 2. The molecular formula is C18H19N3O3. The van der Waals surface area contributed by atoms with Crippen LogP contribution in [0.2, 0.25) is 0 Å². The number of carbonyl (C=O) groups is 1. The monoisotopic (exact) mass is 325 g/mol. The number of nitrogens with zero attached hydrogens (tertiary/aromatic N) is 1. The first-order valence-electron chi connectivity index (χ1n) is 7.52. The maximum absolute atomic E-state index is 12.3. The third-order valence-corrected chi connectivity index (χ3v) is 3.43. The van der Waals surface area contributed by atoms with Crippen LogP contribution in [0.5, 0.6) is 5.75 Å². The van der Waals surface area contributed by atoms with Crippen molar-refractivity contribution in [2.45, 2.75) is 6.42 Å². The topological polar surface area (TPSA) is 94.4 Å². The van der Waals surface area contributed by atoms with E-state index in [1.165, 1.54) is 6.20 Å². The molecule has 0 aliphatic carbocycles. The van der Waals surface area contributed by atoms with Crippen molar-refractivity contribution in [2.75, 3.05) is 25.6 Å². The molecule has 0 saturated carbocycles. The van der Waals surface area contributed by atoms with Crippen LogP contribution >= 0.6 is 0 Å². The van der Waals surface area contributed by atoms with E-state index in [1.54, 1.807) is 43.5 Å². The summed E-state index contributed by atoms with van der Waals surface area (Å²) in [5, 5.41) is 26.0. The molecule has 0 heterocycles. The summed E-state index contributed by atoms with van der Waals surface area (Å²) in [6, 6.07) is 12.2. The summed E-state index contributed by atoms with van der Waals surface area (Å²) < 4.78 is 4.93. The van der Waals surface area contributed by atoms with Crippen LogP contribution in [-0.2, 0) is 9.53 Å². The Kier molecular flexibility index (Phi) is 6.17. The fourth-order valence-corrected chi connectivity index (χ4v) is 2.23. The van der Waals surface area contributed by atoms with Crippen LogP contribution in [0.3, 0.4) is 0 Å². The number of rotatable bonds is 7. The normalized spacial score (nSPS) is 11.1. The standard InChI is InChI=1S/C18H19N3O3/c1-24-10-4-9-20-12-13(11-19)18(23)21-16-7-2-6-15-14(16)5-3-8-17(15)22/h2-3,5-8,12,20,22H,4,9-10H2,1H3,(H,21,23)/b13-12-. The molecule has 6 heteroatoms. The van der Waals surface area contributed by atoms with Crippen molar-refractivity contribution in [1.82, 2.24) is 5.32 Å². The smallest absolute Gasteiger partial charge is 0.267 e. The van der Waals surface area contributed by atoms with Gasteiger partial charge in [-0.3, -0.25) is 4.79 Å². The zero-order valence-electron chi connectivity index (χ0n) is 13.4. The molecule has 0 saturated heterocycles. The van der Waals surface area contributed by atoms with Crippen molar-refractivity contribution in [1.29, 1.82) is 5.26 Å². The van der Waals surface area contributed by atoms with Crippen LogP contribution < -0.4 is 10.6 Å². The maximum Gasteiger partial charge on any atom is 0.267 e. The van der Waals surface area contributed by atoms with E-state index in [2.05, 4.69) is 10.6 Å². The van der Waals surface area contributed by atoms with Crippen LogP contribution in [0.1, 0.15) is 6.42 Å². The lowest BCUT2D eigenvalue weighted by molar-refractivity contribution is -0.112. The Bertz CT molecular complexity index is 794. The molecule has 2 aromatic rings. The molecule has 0 aliphatic heterocycles. The van der Waals surface area contributed by atoms with E-state index in [4.69, 9.17) is 10.00 Å². The number of hydrogen-bond acceptors (Lipinski definition) is 5. The number of methoxy groups -OCH3 is 1. The van der Waals surface area contributed by atoms with Crippen LogP contribution in [0.25, 0.3) is 10.8 Å². The summed E-state index contributed by atoms with van der Waals surface area (Å²) in [6.45, 7) is 1.21. The number of amides is 1. The molecule has 0 fully saturated rings. The van der Waals surface area contributed by atoms with Gasteiger partial charge in [-0.2, -0.15) is 5.26 Å². The lowest BCUT2D eigenvalue weighted by atomic mass is 10.1. The average molecular weight is 325 g/mol. The zero-order valence-corrected chi connectivity index (χ0v) is 13.4. The Balaban J connectivity index is 2.12. The molecule has 24 heavy (non-hydrogen) atoms. The van der Waals surface area contributed by atoms with E-state index in [-0.39, 0.29) is 11.3 Å². The van der Waals surface area contributed by atoms with Gasteiger partial charge in [-0.05, 0) is 18.6 Å². The summed E-state index contributed by atoms with van der Waals surface area (Å²) in [7, 11) is 1.62. The molecule has 0 bridgehead atoms. The van der Waals surface area contributed by atoms with Crippen molar-refractivity contribution in [3.05, 3.63) is 48.2 Å². The number of hydrogen-bond donors (Lipinski definition) is 3. The van der Waals surface area contributed by atoms with Crippen molar-refractivity contribution < 1.29 is 14.6 Å². The van der Waals surface area contributed by atoms with Gasteiger partial charge in [0, 0.05) is 42.9 Å². The number of phenolic OH excluding ortho intramolecular Hbond substituents is 1.